The zero-order valence-electron chi connectivity index (χ0n) is 12.3. The van der Waals surface area contributed by atoms with Crippen LogP contribution in [-0.4, -0.2) is 28.0 Å². The van der Waals surface area contributed by atoms with Crippen molar-refractivity contribution < 1.29 is 0 Å². The van der Waals surface area contributed by atoms with Crippen molar-refractivity contribution in [3.8, 4) is 11.4 Å². The van der Waals surface area contributed by atoms with Gasteiger partial charge in [0.1, 0.15) is 5.82 Å². The molecule has 4 heteroatoms. The summed E-state index contributed by atoms with van der Waals surface area (Å²) >= 11 is 0. The Morgan fingerprint density at radius 1 is 0.857 bits per heavy atom. The van der Waals surface area contributed by atoms with Crippen molar-refractivity contribution in [3.63, 3.8) is 0 Å². The van der Waals surface area contributed by atoms with Gasteiger partial charge in [-0.2, -0.15) is 0 Å². The lowest BCUT2D eigenvalue weighted by Crippen LogP contribution is -2.22. The first kappa shape index (κ1) is 13.5. The van der Waals surface area contributed by atoms with E-state index in [2.05, 4.69) is 28.7 Å². The monoisotopic (exact) mass is 278 g/mol. The molecule has 106 valence electrons. The Labute approximate surface area is 124 Å². The first-order valence-corrected chi connectivity index (χ1v) is 7.26. The summed E-state index contributed by atoms with van der Waals surface area (Å²) in [6, 6.07) is 14.0. The Hall–Kier alpha value is -2.49. The van der Waals surface area contributed by atoms with Crippen LogP contribution in [0.3, 0.4) is 0 Å². The molecule has 0 N–H and O–H groups in total. The van der Waals surface area contributed by atoms with Crippen LogP contribution in [0.2, 0.25) is 0 Å². The van der Waals surface area contributed by atoms with Gasteiger partial charge in [-0.1, -0.05) is 6.07 Å². The molecule has 0 radical (unpaired) electrons. The number of fused-ring (bicyclic) bond motifs is 1. The van der Waals surface area contributed by atoms with Crippen LogP contribution in [0.25, 0.3) is 22.4 Å². The second kappa shape index (κ2) is 5.87. The SMILES string of the molecule is CCN(CC)c1cccc(-c2ccc3cccnc3n2)n1. The van der Waals surface area contributed by atoms with Gasteiger partial charge in [-0.15, -0.1) is 0 Å². The Bertz CT molecular complexity index is 750. The van der Waals surface area contributed by atoms with Gasteiger partial charge in [-0.25, -0.2) is 15.0 Å². The van der Waals surface area contributed by atoms with Crippen LogP contribution in [0.15, 0.2) is 48.7 Å². The molecule has 3 aromatic heterocycles. The maximum atomic E-state index is 4.73. The fourth-order valence-electron chi connectivity index (χ4n) is 2.39. The van der Waals surface area contributed by atoms with E-state index in [1.165, 1.54) is 0 Å². The smallest absolute Gasteiger partial charge is 0.159 e. The van der Waals surface area contributed by atoms with Gasteiger partial charge in [-0.3, -0.25) is 0 Å². The van der Waals surface area contributed by atoms with E-state index in [1.54, 1.807) is 6.20 Å². The first-order valence-electron chi connectivity index (χ1n) is 7.26. The number of hydrogen-bond donors (Lipinski definition) is 0. The molecule has 0 aliphatic carbocycles. The predicted octanol–water partition coefficient (Wildman–Crippen LogP) is 3.54. The van der Waals surface area contributed by atoms with Crippen molar-refractivity contribution in [2.24, 2.45) is 0 Å². The molecule has 0 spiro atoms. The third kappa shape index (κ3) is 2.70. The van der Waals surface area contributed by atoms with Crippen LogP contribution >= 0.6 is 0 Å². The highest BCUT2D eigenvalue weighted by Gasteiger charge is 2.07. The summed E-state index contributed by atoms with van der Waals surface area (Å²) in [5, 5.41) is 1.04. The maximum absolute atomic E-state index is 4.73. The van der Waals surface area contributed by atoms with Crippen molar-refractivity contribution >= 4 is 16.9 Å². The highest BCUT2D eigenvalue weighted by Crippen LogP contribution is 2.21. The lowest BCUT2D eigenvalue weighted by Gasteiger charge is -2.20. The summed E-state index contributed by atoms with van der Waals surface area (Å²) in [6.07, 6.45) is 1.76. The molecule has 3 rings (SSSR count). The minimum atomic E-state index is 0.755. The van der Waals surface area contributed by atoms with E-state index in [9.17, 15) is 0 Å². The fourth-order valence-corrected chi connectivity index (χ4v) is 2.39. The summed E-state index contributed by atoms with van der Waals surface area (Å²) in [5.74, 6) is 0.986. The number of nitrogens with zero attached hydrogens (tertiary/aromatic N) is 4. The molecule has 0 unspecified atom stereocenters. The number of anilines is 1. The van der Waals surface area contributed by atoms with Gasteiger partial charge < -0.3 is 4.90 Å². The lowest BCUT2D eigenvalue weighted by atomic mass is 10.2. The van der Waals surface area contributed by atoms with Gasteiger partial charge in [0.2, 0.25) is 0 Å². The van der Waals surface area contributed by atoms with Crippen LogP contribution in [0.1, 0.15) is 13.8 Å². The molecular formula is C17H18N4. The molecule has 4 nitrogen and oxygen atoms in total. The Balaban J connectivity index is 2.03. The second-order valence-electron chi connectivity index (χ2n) is 4.80. The van der Waals surface area contributed by atoms with Crippen molar-refractivity contribution in [1.29, 1.82) is 0 Å². The molecule has 0 saturated carbocycles. The van der Waals surface area contributed by atoms with Crippen LogP contribution in [-0.2, 0) is 0 Å². The van der Waals surface area contributed by atoms with Gasteiger partial charge in [-0.05, 0) is 50.2 Å². The first-order chi connectivity index (χ1) is 10.3. The van der Waals surface area contributed by atoms with Crippen LogP contribution in [0.5, 0.6) is 0 Å². The van der Waals surface area contributed by atoms with E-state index in [4.69, 9.17) is 4.98 Å². The normalized spacial score (nSPS) is 10.8. The minimum absolute atomic E-state index is 0.755. The lowest BCUT2D eigenvalue weighted by molar-refractivity contribution is 0.847. The zero-order valence-corrected chi connectivity index (χ0v) is 12.3. The van der Waals surface area contributed by atoms with E-state index in [-0.39, 0.29) is 0 Å². The Morgan fingerprint density at radius 3 is 2.48 bits per heavy atom. The van der Waals surface area contributed by atoms with Gasteiger partial charge in [0.15, 0.2) is 5.65 Å². The Kier molecular flexibility index (Phi) is 3.77. The maximum Gasteiger partial charge on any atom is 0.159 e. The average molecular weight is 278 g/mol. The Morgan fingerprint density at radius 2 is 1.67 bits per heavy atom. The topological polar surface area (TPSA) is 41.9 Å². The van der Waals surface area contributed by atoms with E-state index < -0.39 is 0 Å². The van der Waals surface area contributed by atoms with Crippen molar-refractivity contribution in [2.75, 3.05) is 18.0 Å². The number of hydrogen-bond acceptors (Lipinski definition) is 4. The van der Waals surface area contributed by atoms with Gasteiger partial charge >= 0.3 is 0 Å². The van der Waals surface area contributed by atoms with E-state index in [0.29, 0.717) is 0 Å². The molecule has 0 fully saturated rings. The molecule has 3 aromatic rings. The summed E-state index contributed by atoms with van der Waals surface area (Å²) in [7, 11) is 0. The zero-order chi connectivity index (χ0) is 14.7. The molecular weight excluding hydrogens is 260 g/mol. The average Bonchev–Trinajstić information content (AvgIpc) is 2.56. The van der Waals surface area contributed by atoms with E-state index >= 15 is 0 Å². The van der Waals surface area contributed by atoms with E-state index in [1.807, 2.05) is 42.5 Å². The summed E-state index contributed by atoms with van der Waals surface area (Å²) in [6.45, 7) is 6.16. The third-order valence-electron chi connectivity index (χ3n) is 3.55. The van der Waals surface area contributed by atoms with Crippen LogP contribution in [0.4, 0.5) is 5.82 Å². The third-order valence-corrected chi connectivity index (χ3v) is 3.55. The molecule has 21 heavy (non-hydrogen) atoms. The summed E-state index contributed by atoms with van der Waals surface area (Å²) in [4.78, 5) is 15.9. The fraction of sp³-hybridized carbons (Fsp3) is 0.235. The van der Waals surface area contributed by atoms with Crippen LogP contribution < -0.4 is 4.90 Å². The highest BCUT2D eigenvalue weighted by atomic mass is 15.2. The van der Waals surface area contributed by atoms with Crippen molar-refractivity contribution in [3.05, 3.63) is 48.7 Å². The molecule has 0 bridgehead atoms. The number of rotatable bonds is 4. The van der Waals surface area contributed by atoms with Gasteiger partial charge in [0, 0.05) is 24.7 Å². The number of aromatic nitrogens is 3. The van der Waals surface area contributed by atoms with Crippen molar-refractivity contribution in [2.45, 2.75) is 13.8 Å². The molecule has 0 aliphatic rings. The second-order valence-corrected chi connectivity index (χ2v) is 4.80. The minimum Gasteiger partial charge on any atom is -0.357 e. The molecule has 0 amide bonds. The molecule has 0 aromatic carbocycles. The van der Waals surface area contributed by atoms with Crippen molar-refractivity contribution in [1.82, 2.24) is 15.0 Å². The standard InChI is InChI=1S/C17H18N4/c1-3-21(4-2)16-9-5-8-14(19-16)15-11-10-13-7-6-12-18-17(13)20-15/h5-12H,3-4H2,1-2H3. The number of pyridine rings is 3. The quantitative estimate of drug-likeness (QED) is 0.732. The molecule has 0 atom stereocenters. The largest absolute Gasteiger partial charge is 0.357 e. The van der Waals surface area contributed by atoms with Crippen LogP contribution in [0, 0.1) is 0 Å². The van der Waals surface area contributed by atoms with Gasteiger partial charge in [0.05, 0.1) is 11.4 Å². The van der Waals surface area contributed by atoms with E-state index in [0.717, 1.165) is 41.3 Å². The molecule has 3 heterocycles. The predicted molar refractivity (Wildman–Crippen MR) is 86.3 cm³/mol. The van der Waals surface area contributed by atoms with Gasteiger partial charge in [0.25, 0.3) is 0 Å². The summed E-state index contributed by atoms with van der Waals surface area (Å²) in [5.41, 5.74) is 2.49. The summed E-state index contributed by atoms with van der Waals surface area (Å²) < 4.78 is 0. The molecule has 0 saturated heterocycles. The molecule has 0 aliphatic heterocycles. The highest BCUT2D eigenvalue weighted by molar-refractivity contribution is 5.77.